The average Bonchev–Trinajstić information content (AvgIpc) is 3.23. The van der Waals surface area contributed by atoms with Crippen LogP contribution in [0.25, 0.3) is 0 Å². The molecule has 0 bridgehead atoms. The van der Waals surface area contributed by atoms with Crippen molar-refractivity contribution in [2.45, 2.75) is 11.3 Å². The van der Waals surface area contributed by atoms with Gasteiger partial charge in [0.05, 0.1) is 18.4 Å². The molecule has 0 amide bonds. The van der Waals surface area contributed by atoms with E-state index in [9.17, 15) is 0 Å². The van der Waals surface area contributed by atoms with Crippen LogP contribution in [-0.2, 0) is 37.3 Å². The Labute approximate surface area is 205 Å². The average molecular weight is 518 g/mol. The second kappa shape index (κ2) is 10.2. The lowest BCUT2D eigenvalue weighted by Crippen LogP contribution is -2.30. The summed E-state index contributed by atoms with van der Waals surface area (Å²) in [4.78, 5) is 0. The highest BCUT2D eigenvalue weighted by Crippen LogP contribution is 2.71. The topological polar surface area (TPSA) is 49.3 Å². The van der Waals surface area contributed by atoms with Gasteiger partial charge in [0.15, 0.2) is 12.8 Å². The lowest BCUT2D eigenvalue weighted by atomic mass is 10.0. The molecule has 0 radical (unpaired) electrons. The van der Waals surface area contributed by atoms with Crippen LogP contribution in [0.15, 0.2) is 90.1 Å². The molecule has 0 saturated carbocycles. The van der Waals surface area contributed by atoms with Gasteiger partial charge in [-0.15, -0.1) is 0 Å². The van der Waals surface area contributed by atoms with Crippen LogP contribution in [0.5, 0.6) is 5.75 Å². The van der Waals surface area contributed by atoms with Crippen LogP contribution >= 0.6 is 12.8 Å². The summed E-state index contributed by atoms with van der Waals surface area (Å²) in [6.07, 6.45) is -2.75. The van der Waals surface area contributed by atoms with Crippen molar-refractivity contribution in [1.29, 1.82) is 0 Å². The summed E-state index contributed by atoms with van der Waals surface area (Å²) >= 11 is 12.4. The van der Waals surface area contributed by atoms with Crippen LogP contribution in [0, 0.1) is 0 Å². The minimum absolute atomic E-state index is 0.337. The van der Waals surface area contributed by atoms with Gasteiger partial charge in [-0.25, -0.2) is 0 Å². The highest BCUT2D eigenvalue weighted by atomic mass is 32.5. The van der Waals surface area contributed by atoms with Crippen LogP contribution in [0.2, 0.25) is 0 Å². The summed E-state index contributed by atoms with van der Waals surface area (Å²) in [5.74, 6) is 0.749. The van der Waals surface area contributed by atoms with Gasteiger partial charge >= 0.3 is 0 Å². The lowest BCUT2D eigenvalue weighted by molar-refractivity contribution is 0.328. The van der Waals surface area contributed by atoms with E-state index in [1.807, 2.05) is 84.9 Å². The van der Waals surface area contributed by atoms with E-state index >= 15 is 0 Å². The predicted octanol–water partition coefficient (Wildman–Crippen LogP) is 5.86. The number of ether oxygens (including phenoxy) is 1. The van der Waals surface area contributed by atoms with Gasteiger partial charge in [-0.05, 0) is 53.4 Å². The standard InChI is InChI=1S/C24H25NO4P2S2/c1-26-20-14-16-21(17-15-20)30(32)24(22(25-29-30)18-10-6-4-7-11-18)23(31(33,27-2)28-3)19-12-8-5-9-13-19/h4-17,23-24H,1-3H3. The van der Waals surface area contributed by atoms with Crippen molar-refractivity contribution in [1.82, 2.24) is 0 Å². The number of oxime groups is 1. The summed E-state index contributed by atoms with van der Waals surface area (Å²) in [6, 6.07) is 27.7. The minimum Gasteiger partial charge on any atom is -0.497 e. The number of rotatable bonds is 8. The molecule has 0 N–H and O–H groups in total. The zero-order valence-electron chi connectivity index (χ0n) is 18.5. The molecule has 3 aromatic carbocycles. The third-order valence-electron chi connectivity index (χ3n) is 5.70. The van der Waals surface area contributed by atoms with E-state index in [0.29, 0.717) is 0 Å². The van der Waals surface area contributed by atoms with Gasteiger partial charge < -0.3 is 18.4 Å². The Morgan fingerprint density at radius 1 is 0.879 bits per heavy atom. The number of benzene rings is 3. The second-order valence-electron chi connectivity index (χ2n) is 7.42. The van der Waals surface area contributed by atoms with Crippen molar-refractivity contribution in [3.8, 4) is 5.75 Å². The largest absolute Gasteiger partial charge is 0.497 e. The van der Waals surface area contributed by atoms with E-state index in [2.05, 4.69) is 5.16 Å². The highest BCUT2D eigenvalue weighted by Gasteiger charge is 2.52. The number of nitrogens with zero attached hydrogens (tertiary/aromatic N) is 1. The maximum absolute atomic E-state index is 6.35. The van der Waals surface area contributed by atoms with E-state index in [-0.39, 0.29) is 11.3 Å². The minimum atomic E-state index is -2.83. The van der Waals surface area contributed by atoms with E-state index in [1.54, 1.807) is 21.3 Å². The van der Waals surface area contributed by atoms with Crippen LogP contribution in [0.3, 0.4) is 0 Å². The number of methoxy groups -OCH3 is 1. The fourth-order valence-electron chi connectivity index (χ4n) is 4.03. The summed E-state index contributed by atoms with van der Waals surface area (Å²) in [5, 5.41) is 5.48. The first-order valence-electron chi connectivity index (χ1n) is 10.3. The Balaban J connectivity index is 1.95. The molecule has 9 heteroatoms. The molecule has 3 aromatic rings. The second-order valence-corrected chi connectivity index (χ2v) is 15.4. The molecule has 0 aromatic heterocycles. The van der Waals surface area contributed by atoms with Crippen molar-refractivity contribution >= 4 is 47.4 Å². The predicted molar refractivity (Wildman–Crippen MR) is 142 cm³/mol. The molecule has 1 heterocycles. The van der Waals surface area contributed by atoms with Crippen molar-refractivity contribution in [2.24, 2.45) is 5.16 Å². The van der Waals surface area contributed by atoms with Gasteiger partial charge in [-0.2, -0.15) is 0 Å². The van der Waals surface area contributed by atoms with Crippen molar-refractivity contribution in [2.75, 3.05) is 21.3 Å². The molecule has 3 unspecified atom stereocenters. The third-order valence-corrected chi connectivity index (χ3v) is 13.9. The molecule has 0 aliphatic carbocycles. The van der Waals surface area contributed by atoms with Crippen LogP contribution in [0.1, 0.15) is 16.8 Å². The Bertz CT molecular complexity index is 1210. The number of hydrogen-bond donors (Lipinski definition) is 0. The van der Waals surface area contributed by atoms with Gasteiger partial charge in [0.2, 0.25) is 0 Å². The van der Waals surface area contributed by atoms with Gasteiger partial charge in [0.1, 0.15) is 11.5 Å². The van der Waals surface area contributed by atoms with E-state index in [1.165, 1.54) is 0 Å². The summed E-state index contributed by atoms with van der Waals surface area (Å²) in [7, 11) is 4.84. The maximum Gasteiger partial charge on any atom is 0.196 e. The molecule has 0 spiro atoms. The molecular weight excluding hydrogens is 492 g/mol. The van der Waals surface area contributed by atoms with Gasteiger partial charge in [0.25, 0.3) is 0 Å². The smallest absolute Gasteiger partial charge is 0.196 e. The molecule has 5 nitrogen and oxygen atoms in total. The normalized spacial score (nSPS) is 21.2. The summed E-state index contributed by atoms with van der Waals surface area (Å²) < 4.78 is 23.4. The third kappa shape index (κ3) is 4.59. The first-order chi connectivity index (χ1) is 16.0. The Morgan fingerprint density at radius 3 is 2.00 bits per heavy atom. The fourth-order valence-corrected chi connectivity index (χ4v) is 11.5. The van der Waals surface area contributed by atoms with Crippen molar-refractivity contribution in [3.63, 3.8) is 0 Å². The van der Waals surface area contributed by atoms with E-state index in [4.69, 9.17) is 42.0 Å². The summed E-state index contributed by atoms with van der Waals surface area (Å²) in [6.45, 7) is -2.83. The van der Waals surface area contributed by atoms with Crippen LogP contribution in [0.4, 0.5) is 0 Å². The van der Waals surface area contributed by atoms with Crippen molar-refractivity contribution in [3.05, 3.63) is 96.1 Å². The first kappa shape index (κ1) is 24.3. The Morgan fingerprint density at radius 2 is 1.45 bits per heavy atom. The van der Waals surface area contributed by atoms with Gasteiger partial charge in [-0.1, -0.05) is 65.8 Å². The SMILES string of the molecule is COc1ccc(P2(=S)ON=C(c3ccccc3)C2C(c2ccccc2)P(=S)(OC)OC)cc1. The molecule has 0 fully saturated rings. The lowest BCUT2D eigenvalue weighted by Gasteiger charge is -2.36. The molecule has 33 heavy (non-hydrogen) atoms. The van der Waals surface area contributed by atoms with Crippen LogP contribution in [-0.4, -0.2) is 32.7 Å². The molecule has 4 rings (SSSR count). The molecule has 172 valence electrons. The maximum atomic E-state index is 6.35. The molecule has 0 saturated heterocycles. The quantitative estimate of drug-likeness (QED) is 0.349. The first-order valence-corrected chi connectivity index (χ1v) is 15.8. The zero-order valence-corrected chi connectivity index (χ0v) is 22.0. The molecular formula is C24H25NO4P2S2. The van der Waals surface area contributed by atoms with E-state index < -0.39 is 12.8 Å². The number of hydrogen-bond acceptors (Lipinski definition) is 7. The van der Waals surface area contributed by atoms with Gasteiger partial charge in [-0.3, -0.25) is 0 Å². The Hall–Kier alpha value is -1.85. The monoisotopic (exact) mass is 517 g/mol. The molecule has 1 aliphatic heterocycles. The Kier molecular flexibility index (Phi) is 7.49. The summed E-state index contributed by atoms with van der Waals surface area (Å²) in [5.41, 5.74) is 2.02. The molecule has 1 aliphatic rings. The van der Waals surface area contributed by atoms with E-state index in [0.717, 1.165) is 27.9 Å². The van der Waals surface area contributed by atoms with Crippen molar-refractivity contribution < 1.29 is 18.4 Å². The van der Waals surface area contributed by atoms with Gasteiger partial charge in [0, 0.05) is 25.1 Å². The molecule has 3 atom stereocenters. The highest BCUT2D eigenvalue weighted by molar-refractivity contribution is 8.17. The zero-order chi connectivity index (χ0) is 23.5. The fraction of sp³-hybridized carbons (Fsp3) is 0.208. The van der Waals surface area contributed by atoms with Crippen LogP contribution < -0.4 is 10.0 Å².